The maximum atomic E-state index is 9.34. The normalized spacial score (nSPS) is 12.2. The van der Waals surface area contributed by atoms with E-state index in [-0.39, 0.29) is 5.75 Å². The Kier molecular flexibility index (Phi) is 3.09. The summed E-state index contributed by atoms with van der Waals surface area (Å²) < 4.78 is 0. The zero-order valence-corrected chi connectivity index (χ0v) is 7.44. The fraction of sp³-hybridized carbons (Fsp3) is 0.100. The van der Waals surface area contributed by atoms with Crippen LogP contribution in [0.5, 0.6) is 5.75 Å². The molecule has 0 unspecified atom stereocenters. The zero-order valence-electron chi connectivity index (χ0n) is 7.44. The van der Waals surface area contributed by atoms with Crippen molar-refractivity contribution in [2.75, 3.05) is 0 Å². The lowest BCUT2D eigenvalue weighted by Crippen LogP contribution is -1.93. The first-order chi connectivity index (χ1) is 6.24. The lowest BCUT2D eigenvalue weighted by atomic mass is 10.2. The van der Waals surface area contributed by atoms with Crippen LogP contribution in [0.15, 0.2) is 41.2 Å². The van der Waals surface area contributed by atoms with Gasteiger partial charge >= 0.3 is 0 Å². The van der Waals surface area contributed by atoms with Crippen molar-refractivity contribution >= 4 is 6.21 Å². The SMILES string of the molecule is CC=C(N)N=Cc1ccccc1O. The van der Waals surface area contributed by atoms with Gasteiger partial charge in [0.25, 0.3) is 0 Å². The summed E-state index contributed by atoms with van der Waals surface area (Å²) in [5.74, 6) is 0.637. The van der Waals surface area contributed by atoms with Crippen LogP contribution >= 0.6 is 0 Å². The topological polar surface area (TPSA) is 58.6 Å². The monoisotopic (exact) mass is 176 g/mol. The van der Waals surface area contributed by atoms with Gasteiger partial charge in [-0.05, 0) is 25.1 Å². The van der Waals surface area contributed by atoms with Gasteiger partial charge in [-0.2, -0.15) is 0 Å². The third-order valence-electron chi connectivity index (χ3n) is 1.59. The van der Waals surface area contributed by atoms with E-state index in [2.05, 4.69) is 4.99 Å². The molecule has 0 saturated heterocycles. The average Bonchev–Trinajstić information content (AvgIpc) is 2.16. The van der Waals surface area contributed by atoms with E-state index in [1.165, 1.54) is 6.21 Å². The van der Waals surface area contributed by atoms with Crippen molar-refractivity contribution in [3.05, 3.63) is 41.7 Å². The Balaban J connectivity index is 2.86. The Labute approximate surface area is 77.2 Å². The molecule has 0 saturated carbocycles. The maximum absolute atomic E-state index is 9.34. The second-order valence-electron chi connectivity index (χ2n) is 2.53. The number of hydrogen-bond acceptors (Lipinski definition) is 3. The number of aromatic hydroxyl groups is 1. The predicted octanol–water partition coefficient (Wildman–Crippen LogP) is 1.63. The molecule has 1 rings (SSSR count). The van der Waals surface area contributed by atoms with Crippen molar-refractivity contribution in [3.63, 3.8) is 0 Å². The molecule has 0 spiro atoms. The number of benzene rings is 1. The summed E-state index contributed by atoms with van der Waals surface area (Å²) in [6.07, 6.45) is 3.22. The minimum atomic E-state index is 0.204. The van der Waals surface area contributed by atoms with Crippen LogP contribution in [0, 0.1) is 0 Å². The van der Waals surface area contributed by atoms with Gasteiger partial charge in [-0.25, -0.2) is 4.99 Å². The van der Waals surface area contributed by atoms with Crippen LogP contribution in [-0.4, -0.2) is 11.3 Å². The lowest BCUT2D eigenvalue weighted by molar-refractivity contribution is 0.474. The number of allylic oxidation sites excluding steroid dienone is 1. The molecule has 0 bridgehead atoms. The molecule has 0 aliphatic carbocycles. The highest BCUT2D eigenvalue weighted by Crippen LogP contribution is 2.12. The second-order valence-corrected chi connectivity index (χ2v) is 2.53. The van der Waals surface area contributed by atoms with Crippen LogP contribution in [0.2, 0.25) is 0 Å². The van der Waals surface area contributed by atoms with E-state index in [4.69, 9.17) is 5.73 Å². The molecule has 1 aromatic carbocycles. The van der Waals surface area contributed by atoms with Crippen molar-refractivity contribution in [2.45, 2.75) is 6.92 Å². The fourth-order valence-electron chi connectivity index (χ4n) is 0.815. The van der Waals surface area contributed by atoms with E-state index in [9.17, 15) is 5.11 Å². The number of phenols is 1. The van der Waals surface area contributed by atoms with Gasteiger partial charge in [0, 0.05) is 11.8 Å². The third kappa shape index (κ3) is 2.63. The highest BCUT2D eigenvalue weighted by molar-refractivity contribution is 5.83. The second kappa shape index (κ2) is 4.30. The van der Waals surface area contributed by atoms with E-state index in [1.54, 1.807) is 31.2 Å². The third-order valence-corrected chi connectivity index (χ3v) is 1.59. The molecule has 0 aliphatic heterocycles. The van der Waals surface area contributed by atoms with Gasteiger partial charge in [-0.1, -0.05) is 12.1 Å². The molecule has 0 fully saturated rings. The number of aliphatic imine (C=N–C) groups is 1. The molecule has 3 nitrogen and oxygen atoms in total. The number of para-hydroxylation sites is 1. The molecule has 13 heavy (non-hydrogen) atoms. The van der Waals surface area contributed by atoms with Crippen molar-refractivity contribution in [3.8, 4) is 5.75 Å². The van der Waals surface area contributed by atoms with Crippen molar-refractivity contribution in [1.29, 1.82) is 0 Å². The molecule has 0 aliphatic rings. The molecule has 0 atom stereocenters. The summed E-state index contributed by atoms with van der Waals surface area (Å²) in [5.41, 5.74) is 6.11. The van der Waals surface area contributed by atoms with Gasteiger partial charge < -0.3 is 10.8 Å². The van der Waals surface area contributed by atoms with Gasteiger partial charge in [-0.3, -0.25) is 0 Å². The smallest absolute Gasteiger partial charge is 0.124 e. The van der Waals surface area contributed by atoms with Gasteiger partial charge in [0.1, 0.15) is 11.6 Å². The van der Waals surface area contributed by atoms with Gasteiger partial charge in [0.05, 0.1) is 0 Å². The number of nitrogens with zero attached hydrogens (tertiary/aromatic N) is 1. The molecule has 0 amide bonds. The van der Waals surface area contributed by atoms with Gasteiger partial charge in [-0.15, -0.1) is 0 Å². The molecule has 68 valence electrons. The summed E-state index contributed by atoms with van der Waals surface area (Å²) in [7, 11) is 0. The van der Waals surface area contributed by atoms with E-state index >= 15 is 0 Å². The number of nitrogens with two attached hydrogens (primary N) is 1. The Morgan fingerprint density at radius 3 is 2.77 bits per heavy atom. The molecule has 3 heteroatoms. The Morgan fingerprint density at radius 1 is 1.46 bits per heavy atom. The van der Waals surface area contributed by atoms with E-state index in [0.717, 1.165) is 0 Å². The summed E-state index contributed by atoms with van der Waals surface area (Å²) in [4.78, 5) is 3.93. The van der Waals surface area contributed by atoms with Crippen molar-refractivity contribution < 1.29 is 5.11 Å². The van der Waals surface area contributed by atoms with Crippen LogP contribution in [0.1, 0.15) is 12.5 Å². The van der Waals surface area contributed by atoms with E-state index in [1.807, 2.05) is 6.07 Å². The first kappa shape index (κ1) is 9.32. The molecule has 3 N–H and O–H groups in total. The zero-order chi connectivity index (χ0) is 9.68. The fourth-order valence-corrected chi connectivity index (χ4v) is 0.815. The van der Waals surface area contributed by atoms with Crippen molar-refractivity contribution in [2.24, 2.45) is 10.7 Å². The quantitative estimate of drug-likeness (QED) is 0.673. The minimum absolute atomic E-state index is 0.204. The maximum Gasteiger partial charge on any atom is 0.124 e. The molecular formula is C10H12N2O. The summed E-state index contributed by atoms with van der Waals surface area (Å²) in [5, 5.41) is 9.34. The summed E-state index contributed by atoms with van der Waals surface area (Å²) >= 11 is 0. The molecule has 0 radical (unpaired) electrons. The number of hydrogen-bond donors (Lipinski definition) is 2. The highest BCUT2D eigenvalue weighted by atomic mass is 16.3. The first-order valence-electron chi connectivity index (χ1n) is 3.98. The summed E-state index contributed by atoms with van der Waals surface area (Å²) in [6.45, 7) is 1.80. The Morgan fingerprint density at radius 2 is 2.15 bits per heavy atom. The van der Waals surface area contributed by atoms with E-state index in [0.29, 0.717) is 11.4 Å². The largest absolute Gasteiger partial charge is 0.507 e. The molecular weight excluding hydrogens is 164 g/mol. The van der Waals surface area contributed by atoms with Crippen LogP contribution in [0.4, 0.5) is 0 Å². The van der Waals surface area contributed by atoms with Crippen LogP contribution in [0.3, 0.4) is 0 Å². The van der Waals surface area contributed by atoms with Crippen LogP contribution < -0.4 is 5.73 Å². The molecule has 0 aromatic heterocycles. The van der Waals surface area contributed by atoms with Gasteiger partial charge in [0.15, 0.2) is 0 Å². The predicted molar refractivity (Wildman–Crippen MR) is 53.6 cm³/mol. The lowest BCUT2D eigenvalue weighted by Gasteiger charge is -1.96. The molecule has 1 aromatic rings. The van der Waals surface area contributed by atoms with E-state index < -0.39 is 0 Å². The summed E-state index contributed by atoms with van der Waals surface area (Å²) in [6, 6.07) is 6.95. The first-order valence-corrected chi connectivity index (χ1v) is 3.98. The number of phenolic OH excluding ortho intramolecular Hbond substituents is 1. The number of rotatable bonds is 2. The molecule has 0 heterocycles. The van der Waals surface area contributed by atoms with Gasteiger partial charge in [0.2, 0.25) is 0 Å². The average molecular weight is 176 g/mol. The standard InChI is InChI=1S/C10H12N2O/c1-2-10(11)12-7-8-5-3-4-6-9(8)13/h2-7,13H,11H2,1H3. The Hall–Kier alpha value is -1.77. The van der Waals surface area contributed by atoms with Crippen LogP contribution in [0.25, 0.3) is 0 Å². The van der Waals surface area contributed by atoms with Crippen molar-refractivity contribution in [1.82, 2.24) is 0 Å². The highest BCUT2D eigenvalue weighted by Gasteiger charge is 1.93. The Bertz CT molecular complexity index is 343. The minimum Gasteiger partial charge on any atom is -0.507 e. The van der Waals surface area contributed by atoms with Crippen LogP contribution in [-0.2, 0) is 0 Å².